The molecule has 0 bridgehead atoms. The summed E-state index contributed by atoms with van der Waals surface area (Å²) >= 11 is 0. The van der Waals surface area contributed by atoms with Gasteiger partial charge in [0.05, 0.1) is 12.1 Å². The molecule has 1 amide bonds. The Balaban J connectivity index is 1.79. The van der Waals surface area contributed by atoms with E-state index in [9.17, 15) is 4.79 Å². The quantitative estimate of drug-likeness (QED) is 0.857. The van der Waals surface area contributed by atoms with E-state index >= 15 is 0 Å². The second-order valence-corrected chi connectivity index (χ2v) is 5.63. The first-order valence-corrected chi connectivity index (χ1v) is 7.03. The lowest BCUT2D eigenvalue weighted by Gasteiger charge is -2.18. The summed E-state index contributed by atoms with van der Waals surface area (Å²) in [7, 11) is 0. The van der Waals surface area contributed by atoms with Crippen LogP contribution in [0.4, 0.5) is 17.1 Å². The van der Waals surface area contributed by atoms with Gasteiger partial charge in [-0.3, -0.25) is 9.69 Å². The van der Waals surface area contributed by atoms with Gasteiger partial charge in [-0.1, -0.05) is 18.2 Å². The summed E-state index contributed by atoms with van der Waals surface area (Å²) in [5.74, 6) is 0.158. The molecule has 1 N–H and O–H groups in total. The van der Waals surface area contributed by atoms with Crippen LogP contribution in [-0.4, -0.2) is 11.9 Å². The molecule has 2 aromatic carbocycles. The van der Waals surface area contributed by atoms with E-state index in [0.717, 1.165) is 23.4 Å². The first-order chi connectivity index (χ1) is 9.72. The Hall–Kier alpha value is -2.29. The summed E-state index contributed by atoms with van der Waals surface area (Å²) < 4.78 is 0. The van der Waals surface area contributed by atoms with E-state index in [-0.39, 0.29) is 5.91 Å². The van der Waals surface area contributed by atoms with Gasteiger partial charge in [0.25, 0.3) is 0 Å². The molecule has 2 aliphatic heterocycles. The predicted molar refractivity (Wildman–Crippen MR) is 80.5 cm³/mol. The Morgan fingerprint density at radius 2 is 2.00 bits per heavy atom. The highest BCUT2D eigenvalue weighted by molar-refractivity contribution is 6.07. The van der Waals surface area contributed by atoms with Crippen molar-refractivity contribution in [3.63, 3.8) is 0 Å². The normalized spacial score (nSPS) is 19.8. The van der Waals surface area contributed by atoms with Crippen LogP contribution in [0.25, 0.3) is 0 Å². The highest BCUT2D eigenvalue weighted by Crippen LogP contribution is 2.38. The van der Waals surface area contributed by atoms with Gasteiger partial charge in [0.2, 0.25) is 5.91 Å². The average Bonchev–Trinajstić information content (AvgIpc) is 2.95. The van der Waals surface area contributed by atoms with E-state index in [2.05, 4.69) is 24.4 Å². The standard InChI is InChI=1S/C17H16N2O/c1-11-8-13-9-14(6-7-15(13)18-11)19-16-5-3-2-4-12(16)10-17(19)20/h2-7,9,11,18H,8,10H2,1H3. The molecule has 0 saturated heterocycles. The van der Waals surface area contributed by atoms with E-state index in [1.165, 1.54) is 11.3 Å². The van der Waals surface area contributed by atoms with Gasteiger partial charge < -0.3 is 5.32 Å². The highest BCUT2D eigenvalue weighted by atomic mass is 16.2. The van der Waals surface area contributed by atoms with Crippen molar-refractivity contribution in [2.45, 2.75) is 25.8 Å². The van der Waals surface area contributed by atoms with Crippen LogP contribution < -0.4 is 10.2 Å². The van der Waals surface area contributed by atoms with Crippen LogP contribution in [-0.2, 0) is 17.6 Å². The van der Waals surface area contributed by atoms with Gasteiger partial charge >= 0.3 is 0 Å². The van der Waals surface area contributed by atoms with Crippen molar-refractivity contribution in [1.29, 1.82) is 0 Å². The Morgan fingerprint density at radius 3 is 2.90 bits per heavy atom. The maximum absolute atomic E-state index is 12.3. The lowest BCUT2D eigenvalue weighted by molar-refractivity contribution is -0.116. The van der Waals surface area contributed by atoms with Crippen LogP contribution in [0.5, 0.6) is 0 Å². The number of nitrogens with zero attached hydrogens (tertiary/aromatic N) is 1. The molecule has 2 heterocycles. The first kappa shape index (κ1) is 11.5. The summed E-state index contributed by atoms with van der Waals surface area (Å²) in [6.45, 7) is 2.18. The molecule has 20 heavy (non-hydrogen) atoms. The summed E-state index contributed by atoms with van der Waals surface area (Å²) in [5.41, 5.74) is 5.61. The molecule has 1 unspecified atom stereocenters. The molecule has 0 radical (unpaired) electrons. The molecule has 0 spiro atoms. The fourth-order valence-corrected chi connectivity index (χ4v) is 3.21. The number of hydrogen-bond donors (Lipinski definition) is 1. The molecule has 0 aliphatic carbocycles. The van der Waals surface area contributed by atoms with Crippen LogP contribution in [0.1, 0.15) is 18.1 Å². The number of anilines is 3. The highest BCUT2D eigenvalue weighted by Gasteiger charge is 2.29. The van der Waals surface area contributed by atoms with Crippen molar-refractivity contribution in [3.05, 3.63) is 53.6 Å². The van der Waals surface area contributed by atoms with Gasteiger partial charge in [0.15, 0.2) is 0 Å². The molecule has 0 aromatic heterocycles. The van der Waals surface area contributed by atoms with Crippen molar-refractivity contribution in [2.24, 2.45) is 0 Å². The lowest BCUT2D eigenvalue weighted by atomic mass is 10.1. The zero-order chi connectivity index (χ0) is 13.7. The largest absolute Gasteiger partial charge is 0.382 e. The van der Waals surface area contributed by atoms with Crippen molar-refractivity contribution >= 4 is 23.0 Å². The molecule has 4 rings (SSSR count). The topological polar surface area (TPSA) is 32.3 Å². The number of nitrogens with one attached hydrogen (secondary N) is 1. The molecule has 3 nitrogen and oxygen atoms in total. The molecule has 2 aliphatic rings. The fourth-order valence-electron chi connectivity index (χ4n) is 3.21. The number of rotatable bonds is 1. The van der Waals surface area contributed by atoms with E-state index < -0.39 is 0 Å². The van der Waals surface area contributed by atoms with Crippen LogP contribution in [0.2, 0.25) is 0 Å². The molecule has 3 heteroatoms. The monoisotopic (exact) mass is 264 g/mol. The van der Waals surface area contributed by atoms with E-state index in [4.69, 9.17) is 0 Å². The van der Waals surface area contributed by atoms with Gasteiger partial charge in [-0.05, 0) is 48.7 Å². The third-order valence-corrected chi connectivity index (χ3v) is 4.10. The van der Waals surface area contributed by atoms with Crippen LogP contribution in [0.15, 0.2) is 42.5 Å². The minimum atomic E-state index is 0.158. The summed E-state index contributed by atoms with van der Waals surface area (Å²) in [4.78, 5) is 14.2. The third-order valence-electron chi connectivity index (χ3n) is 4.10. The number of fused-ring (bicyclic) bond motifs is 2. The zero-order valence-electron chi connectivity index (χ0n) is 11.4. The number of para-hydroxylation sites is 1. The summed E-state index contributed by atoms with van der Waals surface area (Å²) in [6, 6.07) is 14.8. The SMILES string of the molecule is CC1Cc2cc(N3C(=O)Cc4ccccc43)ccc2N1. The minimum Gasteiger partial charge on any atom is -0.382 e. The minimum absolute atomic E-state index is 0.158. The molecule has 100 valence electrons. The summed E-state index contributed by atoms with van der Waals surface area (Å²) in [5, 5.41) is 3.44. The molecule has 0 fully saturated rings. The number of carbonyl (C=O) groups is 1. The predicted octanol–water partition coefficient (Wildman–Crippen LogP) is 3.26. The van der Waals surface area contributed by atoms with Crippen LogP contribution in [0, 0.1) is 0 Å². The average molecular weight is 264 g/mol. The maximum Gasteiger partial charge on any atom is 0.236 e. The van der Waals surface area contributed by atoms with Crippen molar-refractivity contribution < 1.29 is 4.79 Å². The third kappa shape index (κ3) is 1.63. The second-order valence-electron chi connectivity index (χ2n) is 5.63. The van der Waals surface area contributed by atoms with Crippen molar-refractivity contribution in [1.82, 2.24) is 0 Å². The first-order valence-electron chi connectivity index (χ1n) is 7.03. The maximum atomic E-state index is 12.3. The van der Waals surface area contributed by atoms with Gasteiger partial charge in [-0.2, -0.15) is 0 Å². The van der Waals surface area contributed by atoms with Gasteiger partial charge in [-0.15, -0.1) is 0 Å². The number of hydrogen-bond acceptors (Lipinski definition) is 2. The van der Waals surface area contributed by atoms with Crippen molar-refractivity contribution in [3.8, 4) is 0 Å². The number of carbonyl (C=O) groups excluding carboxylic acids is 1. The molecule has 0 saturated carbocycles. The van der Waals surface area contributed by atoms with Gasteiger partial charge in [0.1, 0.15) is 0 Å². The lowest BCUT2D eigenvalue weighted by Crippen LogP contribution is -2.20. The smallest absolute Gasteiger partial charge is 0.236 e. The van der Waals surface area contributed by atoms with Crippen LogP contribution in [0.3, 0.4) is 0 Å². The zero-order valence-corrected chi connectivity index (χ0v) is 11.4. The number of amides is 1. The van der Waals surface area contributed by atoms with Crippen LogP contribution >= 0.6 is 0 Å². The van der Waals surface area contributed by atoms with E-state index in [1.807, 2.05) is 35.2 Å². The van der Waals surface area contributed by atoms with Gasteiger partial charge in [-0.25, -0.2) is 0 Å². The molecular weight excluding hydrogens is 248 g/mol. The summed E-state index contributed by atoms with van der Waals surface area (Å²) in [6.07, 6.45) is 1.52. The van der Waals surface area contributed by atoms with E-state index in [0.29, 0.717) is 12.5 Å². The Morgan fingerprint density at radius 1 is 1.15 bits per heavy atom. The Kier molecular flexibility index (Phi) is 2.36. The van der Waals surface area contributed by atoms with Crippen molar-refractivity contribution in [2.75, 3.05) is 10.2 Å². The fraction of sp³-hybridized carbons (Fsp3) is 0.235. The molecular formula is C17H16N2O. The Bertz CT molecular complexity index is 708. The molecule has 1 atom stereocenters. The van der Waals surface area contributed by atoms with E-state index in [1.54, 1.807) is 0 Å². The molecule has 2 aromatic rings. The van der Waals surface area contributed by atoms with Gasteiger partial charge in [0, 0.05) is 17.4 Å². The number of benzene rings is 2. The second kappa shape index (κ2) is 4.10. The Labute approximate surface area is 118 Å².